The molecular formula is C9H16N2OS. The largest absolute Gasteiger partial charge is 0.394 e. The molecule has 0 fully saturated rings. The molecule has 1 atom stereocenters. The molecule has 4 heteroatoms. The van der Waals surface area contributed by atoms with Crippen LogP contribution >= 0.6 is 11.3 Å². The molecular weight excluding hydrogens is 184 g/mol. The molecule has 1 heterocycles. The summed E-state index contributed by atoms with van der Waals surface area (Å²) in [6, 6.07) is 0.0126. The molecule has 0 aliphatic rings. The first-order chi connectivity index (χ1) is 6.27. The second kappa shape index (κ2) is 5.32. The Balaban J connectivity index is 2.56. The number of rotatable bonds is 5. The van der Waals surface area contributed by atoms with Gasteiger partial charge in [-0.25, -0.2) is 4.98 Å². The maximum absolute atomic E-state index is 9.12. The summed E-state index contributed by atoms with van der Waals surface area (Å²) in [6.45, 7) is 5.11. The number of aromatic nitrogens is 1. The maximum atomic E-state index is 9.12. The van der Waals surface area contributed by atoms with Gasteiger partial charge in [0.25, 0.3) is 0 Å². The third-order valence-corrected chi connectivity index (χ3v) is 2.83. The molecule has 1 aromatic heterocycles. The summed E-state index contributed by atoms with van der Waals surface area (Å²) in [5.74, 6) is 0. The molecule has 74 valence electrons. The van der Waals surface area contributed by atoms with Gasteiger partial charge in [-0.2, -0.15) is 0 Å². The van der Waals surface area contributed by atoms with Crippen LogP contribution in [0.25, 0.3) is 0 Å². The van der Waals surface area contributed by atoms with Crippen LogP contribution in [-0.4, -0.2) is 23.2 Å². The van der Waals surface area contributed by atoms with Gasteiger partial charge in [0.1, 0.15) is 5.01 Å². The standard InChI is InChI=1S/C9H16N2OS/c1-3-4-10-8(5-12)9-11-7(2)6-13-9/h6,8,10,12H,3-5H2,1-2H3. The number of hydrogen-bond acceptors (Lipinski definition) is 4. The van der Waals surface area contributed by atoms with E-state index in [1.165, 1.54) is 0 Å². The maximum Gasteiger partial charge on any atom is 0.112 e. The van der Waals surface area contributed by atoms with E-state index < -0.39 is 0 Å². The highest BCUT2D eigenvalue weighted by Crippen LogP contribution is 2.17. The lowest BCUT2D eigenvalue weighted by Crippen LogP contribution is -2.24. The normalized spacial score (nSPS) is 13.2. The molecule has 0 aliphatic carbocycles. The van der Waals surface area contributed by atoms with E-state index in [0.29, 0.717) is 0 Å². The minimum Gasteiger partial charge on any atom is -0.394 e. The van der Waals surface area contributed by atoms with Crippen molar-refractivity contribution in [1.82, 2.24) is 10.3 Å². The quantitative estimate of drug-likeness (QED) is 0.757. The molecule has 3 nitrogen and oxygen atoms in total. The van der Waals surface area contributed by atoms with Gasteiger partial charge in [0, 0.05) is 11.1 Å². The van der Waals surface area contributed by atoms with Crippen molar-refractivity contribution in [2.75, 3.05) is 13.2 Å². The Labute approximate surface area is 82.8 Å². The van der Waals surface area contributed by atoms with Crippen molar-refractivity contribution >= 4 is 11.3 Å². The average Bonchev–Trinajstić information content (AvgIpc) is 2.54. The van der Waals surface area contributed by atoms with Crippen LogP contribution in [0.15, 0.2) is 5.38 Å². The molecule has 1 unspecified atom stereocenters. The number of aryl methyl sites for hydroxylation is 1. The minimum absolute atomic E-state index is 0.0126. The SMILES string of the molecule is CCCNC(CO)c1nc(C)cs1. The smallest absolute Gasteiger partial charge is 0.112 e. The van der Waals surface area contributed by atoms with Crippen molar-refractivity contribution in [2.24, 2.45) is 0 Å². The summed E-state index contributed by atoms with van der Waals surface area (Å²) in [5.41, 5.74) is 1.02. The predicted octanol–water partition coefficient (Wildman–Crippen LogP) is 1.48. The highest BCUT2D eigenvalue weighted by Gasteiger charge is 2.12. The zero-order valence-electron chi connectivity index (χ0n) is 8.08. The summed E-state index contributed by atoms with van der Waals surface area (Å²) in [4.78, 5) is 4.33. The molecule has 0 aliphatic heterocycles. The van der Waals surface area contributed by atoms with Gasteiger partial charge in [-0.15, -0.1) is 11.3 Å². The van der Waals surface area contributed by atoms with Crippen molar-refractivity contribution in [3.8, 4) is 0 Å². The van der Waals surface area contributed by atoms with Crippen LogP contribution in [0.5, 0.6) is 0 Å². The van der Waals surface area contributed by atoms with E-state index in [2.05, 4.69) is 17.2 Å². The van der Waals surface area contributed by atoms with Crippen molar-refractivity contribution < 1.29 is 5.11 Å². The Morgan fingerprint density at radius 1 is 1.69 bits per heavy atom. The van der Waals surface area contributed by atoms with E-state index in [-0.39, 0.29) is 12.6 Å². The van der Waals surface area contributed by atoms with E-state index in [4.69, 9.17) is 5.11 Å². The molecule has 0 saturated heterocycles. The topological polar surface area (TPSA) is 45.1 Å². The Morgan fingerprint density at radius 2 is 2.46 bits per heavy atom. The molecule has 13 heavy (non-hydrogen) atoms. The van der Waals surface area contributed by atoms with E-state index >= 15 is 0 Å². The summed E-state index contributed by atoms with van der Waals surface area (Å²) < 4.78 is 0. The second-order valence-electron chi connectivity index (χ2n) is 3.02. The van der Waals surface area contributed by atoms with Crippen LogP contribution in [0.4, 0.5) is 0 Å². The van der Waals surface area contributed by atoms with Crippen LogP contribution in [0.2, 0.25) is 0 Å². The molecule has 2 N–H and O–H groups in total. The van der Waals surface area contributed by atoms with Gasteiger partial charge in [-0.05, 0) is 19.9 Å². The van der Waals surface area contributed by atoms with Crippen LogP contribution in [0.3, 0.4) is 0 Å². The van der Waals surface area contributed by atoms with E-state index in [9.17, 15) is 0 Å². The zero-order valence-corrected chi connectivity index (χ0v) is 8.90. The van der Waals surface area contributed by atoms with Crippen LogP contribution in [0.1, 0.15) is 30.1 Å². The van der Waals surface area contributed by atoms with Crippen LogP contribution < -0.4 is 5.32 Å². The minimum atomic E-state index is 0.0126. The van der Waals surface area contributed by atoms with Crippen LogP contribution in [0, 0.1) is 6.92 Å². The summed E-state index contributed by atoms with van der Waals surface area (Å²) in [7, 11) is 0. The number of hydrogen-bond donors (Lipinski definition) is 2. The lowest BCUT2D eigenvalue weighted by atomic mass is 10.3. The molecule has 0 radical (unpaired) electrons. The summed E-state index contributed by atoms with van der Waals surface area (Å²) >= 11 is 1.60. The van der Waals surface area contributed by atoms with Crippen molar-refractivity contribution in [2.45, 2.75) is 26.3 Å². The van der Waals surface area contributed by atoms with Crippen molar-refractivity contribution in [3.63, 3.8) is 0 Å². The molecule has 0 aromatic carbocycles. The Bertz CT molecular complexity index is 250. The van der Waals surface area contributed by atoms with Gasteiger partial charge in [0.15, 0.2) is 0 Å². The molecule has 1 rings (SSSR count). The molecule has 1 aromatic rings. The molecule has 0 amide bonds. The Kier molecular flexibility index (Phi) is 4.35. The number of nitrogens with zero attached hydrogens (tertiary/aromatic N) is 1. The van der Waals surface area contributed by atoms with E-state index in [0.717, 1.165) is 23.7 Å². The number of nitrogens with one attached hydrogen (secondary N) is 1. The van der Waals surface area contributed by atoms with Crippen LogP contribution in [-0.2, 0) is 0 Å². The highest BCUT2D eigenvalue weighted by molar-refractivity contribution is 7.09. The zero-order chi connectivity index (χ0) is 9.68. The molecule has 0 saturated carbocycles. The first kappa shape index (κ1) is 10.6. The number of thiazole rings is 1. The van der Waals surface area contributed by atoms with Gasteiger partial charge >= 0.3 is 0 Å². The lowest BCUT2D eigenvalue weighted by molar-refractivity contribution is 0.244. The lowest BCUT2D eigenvalue weighted by Gasteiger charge is -2.12. The fourth-order valence-corrected chi connectivity index (χ4v) is 1.94. The van der Waals surface area contributed by atoms with E-state index in [1.54, 1.807) is 11.3 Å². The first-order valence-corrected chi connectivity index (χ1v) is 5.42. The second-order valence-corrected chi connectivity index (χ2v) is 3.91. The van der Waals surface area contributed by atoms with Crippen molar-refractivity contribution in [1.29, 1.82) is 0 Å². The van der Waals surface area contributed by atoms with Gasteiger partial charge in [0.05, 0.1) is 12.6 Å². The fourth-order valence-electron chi connectivity index (χ4n) is 1.08. The average molecular weight is 200 g/mol. The number of aliphatic hydroxyl groups is 1. The Morgan fingerprint density at radius 3 is 2.92 bits per heavy atom. The number of aliphatic hydroxyl groups excluding tert-OH is 1. The summed E-state index contributed by atoms with van der Waals surface area (Å²) in [5, 5.41) is 15.4. The summed E-state index contributed by atoms with van der Waals surface area (Å²) in [6.07, 6.45) is 1.07. The fraction of sp³-hybridized carbons (Fsp3) is 0.667. The molecule has 0 spiro atoms. The van der Waals surface area contributed by atoms with E-state index in [1.807, 2.05) is 12.3 Å². The monoisotopic (exact) mass is 200 g/mol. The van der Waals surface area contributed by atoms with Gasteiger partial charge in [-0.3, -0.25) is 0 Å². The van der Waals surface area contributed by atoms with Gasteiger partial charge in [0.2, 0.25) is 0 Å². The van der Waals surface area contributed by atoms with Crippen molar-refractivity contribution in [3.05, 3.63) is 16.1 Å². The first-order valence-electron chi connectivity index (χ1n) is 4.54. The predicted molar refractivity (Wildman–Crippen MR) is 55.0 cm³/mol. The third-order valence-electron chi connectivity index (χ3n) is 1.76. The van der Waals surface area contributed by atoms with Gasteiger partial charge in [-0.1, -0.05) is 6.92 Å². The third kappa shape index (κ3) is 3.06. The highest BCUT2D eigenvalue weighted by atomic mass is 32.1. The Hall–Kier alpha value is -0.450. The van der Waals surface area contributed by atoms with Gasteiger partial charge < -0.3 is 10.4 Å². The molecule has 0 bridgehead atoms.